The summed E-state index contributed by atoms with van der Waals surface area (Å²) in [5, 5.41) is 31.8. The van der Waals surface area contributed by atoms with Crippen LogP contribution >= 0.6 is 15.9 Å². The third kappa shape index (κ3) is 3.45. The zero-order valence-electron chi connectivity index (χ0n) is 9.02. The molecule has 0 amide bonds. The Balaban J connectivity index is 2.71. The molecular weight excluding hydrogens is 274 g/mol. The van der Waals surface area contributed by atoms with Gasteiger partial charge in [-0.1, -0.05) is 6.07 Å². The van der Waals surface area contributed by atoms with E-state index in [1.165, 1.54) is 6.07 Å². The van der Waals surface area contributed by atoms with E-state index in [-0.39, 0.29) is 5.75 Å². The van der Waals surface area contributed by atoms with Crippen molar-refractivity contribution in [1.29, 1.82) is 0 Å². The first-order valence-corrected chi connectivity index (χ1v) is 5.84. The van der Waals surface area contributed by atoms with Crippen LogP contribution in [0.25, 0.3) is 0 Å². The van der Waals surface area contributed by atoms with E-state index in [0.717, 1.165) is 0 Å². The molecular formula is C11H16BrNO3. The van der Waals surface area contributed by atoms with Gasteiger partial charge < -0.3 is 20.6 Å². The highest BCUT2D eigenvalue weighted by Gasteiger charge is 2.18. The highest BCUT2D eigenvalue weighted by atomic mass is 79.9. The second-order valence-electron chi connectivity index (χ2n) is 3.62. The average molecular weight is 290 g/mol. The van der Waals surface area contributed by atoms with Gasteiger partial charge in [-0.05, 0) is 53.6 Å². The number of aliphatic hydroxyl groups is 2. The standard InChI is InChI=1S/C11H16BrNO3/c1-13-5-4-10(15)11(16)7-2-3-9(14)8(12)6-7/h2-3,6,10-11,13-16H,4-5H2,1H3. The van der Waals surface area contributed by atoms with Crippen molar-refractivity contribution in [3.8, 4) is 5.75 Å². The molecule has 0 saturated heterocycles. The molecule has 0 aliphatic carbocycles. The van der Waals surface area contributed by atoms with Gasteiger partial charge >= 0.3 is 0 Å². The monoisotopic (exact) mass is 289 g/mol. The summed E-state index contributed by atoms with van der Waals surface area (Å²) in [7, 11) is 1.79. The number of phenolic OH excluding ortho intramolecular Hbond substituents is 1. The number of phenols is 1. The first-order chi connectivity index (χ1) is 7.56. The fourth-order valence-electron chi connectivity index (χ4n) is 1.38. The summed E-state index contributed by atoms with van der Waals surface area (Å²) in [6.07, 6.45) is -1.29. The summed E-state index contributed by atoms with van der Waals surface area (Å²) in [6, 6.07) is 4.67. The molecule has 1 aromatic carbocycles. The summed E-state index contributed by atoms with van der Waals surface area (Å²) in [5.74, 6) is 0.112. The van der Waals surface area contributed by atoms with Gasteiger partial charge in [0, 0.05) is 0 Å². The molecule has 0 fully saturated rings. The molecule has 1 rings (SSSR count). The molecule has 2 atom stereocenters. The molecule has 1 aromatic rings. The van der Waals surface area contributed by atoms with Crippen LogP contribution in [0.5, 0.6) is 5.75 Å². The Labute approximate surface area is 103 Å². The quantitative estimate of drug-likeness (QED) is 0.656. The number of nitrogens with one attached hydrogen (secondary N) is 1. The predicted molar refractivity (Wildman–Crippen MR) is 65.3 cm³/mol. The SMILES string of the molecule is CNCCC(O)C(O)c1ccc(O)c(Br)c1. The minimum absolute atomic E-state index is 0.112. The Morgan fingerprint density at radius 1 is 1.38 bits per heavy atom. The van der Waals surface area contributed by atoms with Crippen LogP contribution in [-0.4, -0.2) is 35.0 Å². The summed E-state index contributed by atoms with van der Waals surface area (Å²) in [4.78, 5) is 0. The Hall–Kier alpha value is -0.620. The smallest absolute Gasteiger partial charge is 0.129 e. The van der Waals surface area contributed by atoms with Crippen LogP contribution in [0.2, 0.25) is 0 Å². The van der Waals surface area contributed by atoms with Gasteiger partial charge in [-0.25, -0.2) is 0 Å². The number of benzene rings is 1. The molecule has 0 aromatic heterocycles. The van der Waals surface area contributed by atoms with Crippen LogP contribution < -0.4 is 5.32 Å². The van der Waals surface area contributed by atoms with E-state index in [1.807, 2.05) is 0 Å². The maximum atomic E-state index is 9.85. The molecule has 0 heterocycles. The minimum Gasteiger partial charge on any atom is -0.507 e. The zero-order valence-corrected chi connectivity index (χ0v) is 10.6. The Morgan fingerprint density at radius 2 is 2.06 bits per heavy atom. The van der Waals surface area contributed by atoms with Crippen molar-refractivity contribution in [2.24, 2.45) is 0 Å². The van der Waals surface area contributed by atoms with Gasteiger partial charge in [0.15, 0.2) is 0 Å². The minimum atomic E-state index is -0.940. The van der Waals surface area contributed by atoms with Crippen LogP contribution in [0.15, 0.2) is 22.7 Å². The van der Waals surface area contributed by atoms with Crippen LogP contribution in [0, 0.1) is 0 Å². The molecule has 16 heavy (non-hydrogen) atoms. The number of hydrogen-bond donors (Lipinski definition) is 4. The second-order valence-corrected chi connectivity index (χ2v) is 4.47. The molecule has 0 saturated carbocycles. The fourth-order valence-corrected chi connectivity index (χ4v) is 1.78. The van der Waals surface area contributed by atoms with Gasteiger partial charge in [-0.2, -0.15) is 0 Å². The van der Waals surface area contributed by atoms with E-state index >= 15 is 0 Å². The highest BCUT2D eigenvalue weighted by molar-refractivity contribution is 9.10. The molecule has 0 aliphatic rings. The molecule has 4 N–H and O–H groups in total. The molecule has 2 unspecified atom stereocenters. The fraction of sp³-hybridized carbons (Fsp3) is 0.455. The van der Waals surface area contributed by atoms with E-state index in [0.29, 0.717) is 23.0 Å². The number of halogens is 1. The summed E-state index contributed by atoms with van der Waals surface area (Å²) >= 11 is 3.16. The van der Waals surface area contributed by atoms with Crippen LogP contribution in [0.4, 0.5) is 0 Å². The first kappa shape index (κ1) is 13.4. The molecule has 90 valence electrons. The van der Waals surface area contributed by atoms with Crippen molar-refractivity contribution in [3.63, 3.8) is 0 Å². The number of aliphatic hydroxyl groups excluding tert-OH is 2. The lowest BCUT2D eigenvalue weighted by atomic mass is 10.0. The van der Waals surface area contributed by atoms with Gasteiger partial charge in [0.05, 0.1) is 10.6 Å². The third-order valence-corrected chi connectivity index (χ3v) is 3.00. The molecule has 4 nitrogen and oxygen atoms in total. The van der Waals surface area contributed by atoms with Gasteiger partial charge in [0.25, 0.3) is 0 Å². The lowest BCUT2D eigenvalue weighted by Crippen LogP contribution is -2.23. The van der Waals surface area contributed by atoms with E-state index in [1.54, 1.807) is 19.2 Å². The normalized spacial score (nSPS) is 14.8. The van der Waals surface area contributed by atoms with E-state index in [9.17, 15) is 15.3 Å². The summed E-state index contributed by atoms with van der Waals surface area (Å²) in [5.41, 5.74) is 0.577. The lowest BCUT2D eigenvalue weighted by molar-refractivity contribution is 0.0140. The number of hydrogen-bond acceptors (Lipinski definition) is 4. The van der Waals surface area contributed by atoms with Crippen LogP contribution in [0.3, 0.4) is 0 Å². The molecule has 0 spiro atoms. The third-order valence-electron chi connectivity index (χ3n) is 2.37. The summed E-state index contributed by atoms with van der Waals surface area (Å²) < 4.78 is 0.505. The van der Waals surface area contributed by atoms with Crippen molar-refractivity contribution in [2.75, 3.05) is 13.6 Å². The van der Waals surface area contributed by atoms with Crippen LogP contribution in [-0.2, 0) is 0 Å². The van der Waals surface area contributed by atoms with Gasteiger partial charge in [-0.15, -0.1) is 0 Å². The number of rotatable bonds is 5. The van der Waals surface area contributed by atoms with Crippen molar-refractivity contribution in [2.45, 2.75) is 18.6 Å². The molecule has 0 bridgehead atoms. The second kappa shape index (κ2) is 6.20. The van der Waals surface area contributed by atoms with E-state index < -0.39 is 12.2 Å². The van der Waals surface area contributed by atoms with E-state index in [4.69, 9.17) is 0 Å². The molecule has 0 radical (unpaired) electrons. The predicted octanol–water partition coefficient (Wildman–Crippen LogP) is 1.16. The lowest BCUT2D eigenvalue weighted by Gasteiger charge is -2.18. The maximum absolute atomic E-state index is 9.85. The Morgan fingerprint density at radius 3 is 2.62 bits per heavy atom. The number of aromatic hydroxyl groups is 1. The highest BCUT2D eigenvalue weighted by Crippen LogP contribution is 2.28. The largest absolute Gasteiger partial charge is 0.507 e. The van der Waals surface area contributed by atoms with Crippen molar-refractivity contribution >= 4 is 15.9 Å². The zero-order chi connectivity index (χ0) is 12.1. The Bertz CT molecular complexity index is 346. The van der Waals surface area contributed by atoms with Crippen LogP contribution in [0.1, 0.15) is 18.1 Å². The van der Waals surface area contributed by atoms with Gasteiger partial charge in [0.2, 0.25) is 0 Å². The van der Waals surface area contributed by atoms with Gasteiger partial charge in [-0.3, -0.25) is 0 Å². The van der Waals surface area contributed by atoms with Crippen molar-refractivity contribution in [1.82, 2.24) is 5.32 Å². The Kier molecular flexibility index (Phi) is 5.21. The molecule has 5 heteroatoms. The molecule has 0 aliphatic heterocycles. The van der Waals surface area contributed by atoms with Gasteiger partial charge in [0.1, 0.15) is 11.9 Å². The van der Waals surface area contributed by atoms with E-state index in [2.05, 4.69) is 21.2 Å². The topological polar surface area (TPSA) is 72.7 Å². The first-order valence-electron chi connectivity index (χ1n) is 5.05. The van der Waals surface area contributed by atoms with Crippen molar-refractivity contribution in [3.05, 3.63) is 28.2 Å². The summed E-state index contributed by atoms with van der Waals surface area (Å²) in [6.45, 7) is 0.636. The maximum Gasteiger partial charge on any atom is 0.129 e. The van der Waals surface area contributed by atoms with Crippen molar-refractivity contribution < 1.29 is 15.3 Å². The average Bonchev–Trinajstić information content (AvgIpc) is 2.28.